The molecule has 0 aliphatic carbocycles. The zero-order chi connectivity index (χ0) is 18.6. The van der Waals surface area contributed by atoms with E-state index in [9.17, 15) is 18.3 Å². The number of phenols is 2. The molecule has 3 N–H and O–H groups in total. The van der Waals surface area contributed by atoms with Crippen molar-refractivity contribution in [2.75, 3.05) is 0 Å². The molecule has 6 nitrogen and oxygen atoms in total. The molecular formula is C18H16O6S. The first-order valence-electron chi connectivity index (χ1n) is 7.17. The molecule has 0 aromatic heterocycles. The van der Waals surface area contributed by atoms with Crippen molar-refractivity contribution >= 4 is 27.2 Å². The van der Waals surface area contributed by atoms with Crippen LogP contribution < -0.4 is 0 Å². The van der Waals surface area contributed by atoms with E-state index in [1.165, 1.54) is 12.1 Å². The summed E-state index contributed by atoms with van der Waals surface area (Å²) in [5, 5.41) is 19.8. The molecule has 0 spiro atoms. The minimum absolute atomic E-state index is 0.171. The summed E-state index contributed by atoms with van der Waals surface area (Å²) in [5.41, 5.74) is 1.18. The van der Waals surface area contributed by atoms with Crippen LogP contribution in [0.3, 0.4) is 0 Å². The number of hydrogen-bond donors (Lipinski definition) is 3. The second-order valence-corrected chi connectivity index (χ2v) is 6.61. The summed E-state index contributed by atoms with van der Waals surface area (Å²) in [6.07, 6.45) is 0.731. The van der Waals surface area contributed by atoms with Crippen LogP contribution >= 0.6 is 0 Å². The lowest BCUT2D eigenvalue weighted by atomic mass is 10.1. The molecule has 3 aromatic carbocycles. The van der Waals surface area contributed by atoms with Gasteiger partial charge < -0.3 is 10.2 Å². The Morgan fingerprint density at radius 1 is 0.920 bits per heavy atom. The van der Waals surface area contributed by atoms with Crippen molar-refractivity contribution in [3.63, 3.8) is 0 Å². The van der Waals surface area contributed by atoms with Gasteiger partial charge in [0.1, 0.15) is 22.7 Å². The molecule has 7 heteroatoms. The van der Waals surface area contributed by atoms with Gasteiger partial charge in [-0.3, -0.25) is 9.35 Å². The van der Waals surface area contributed by atoms with Crippen LogP contribution in [0.2, 0.25) is 0 Å². The Bertz CT molecular complexity index is 1020. The molecule has 0 atom stereocenters. The lowest BCUT2D eigenvalue weighted by molar-refractivity contribution is 0.112. The largest absolute Gasteiger partial charge is 0.508 e. The Morgan fingerprint density at radius 3 is 2.20 bits per heavy atom. The first-order chi connectivity index (χ1) is 11.8. The van der Waals surface area contributed by atoms with Crippen LogP contribution in [0.15, 0.2) is 59.5 Å². The third-order valence-corrected chi connectivity index (χ3v) is 4.50. The van der Waals surface area contributed by atoms with E-state index < -0.39 is 20.8 Å². The zero-order valence-corrected chi connectivity index (χ0v) is 14.1. The van der Waals surface area contributed by atoms with E-state index >= 15 is 0 Å². The third-order valence-electron chi connectivity index (χ3n) is 3.62. The van der Waals surface area contributed by atoms with E-state index in [0.717, 1.165) is 6.29 Å². The maximum atomic E-state index is 10.9. The summed E-state index contributed by atoms with van der Waals surface area (Å²) in [7, 11) is -4.37. The van der Waals surface area contributed by atoms with E-state index in [0.29, 0.717) is 21.9 Å². The molecule has 3 aromatic rings. The minimum atomic E-state index is -4.37. The number of aromatic hydroxyl groups is 2. The van der Waals surface area contributed by atoms with E-state index in [4.69, 9.17) is 9.66 Å². The van der Waals surface area contributed by atoms with Gasteiger partial charge in [-0.2, -0.15) is 8.42 Å². The van der Waals surface area contributed by atoms with Gasteiger partial charge in [0.25, 0.3) is 10.1 Å². The van der Waals surface area contributed by atoms with Gasteiger partial charge in [0, 0.05) is 16.5 Å². The normalized spacial score (nSPS) is 10.8. The molecule has 3 rings (SSSR count). The number of hydrogen-bond acceptors (Lipinski definition) is 5. The molecule has 0 unspecified atom stereocenters. The molecule has 0 bridgehead atoms. The van der Waals surface area contributed by atoms with Gasteiger partial charge in [-0.1, -0.05) is 42.5 Å². The maximum Gasteiger partial charge on any atom is 0.298 e. The number of fused-ring (bicyclic) bond motifs is 1. The fourth-order valence-corrected chi connectivity index (χ4v) is 2.81. The first-order valence-corrected chi connectivity index (χ1v) is 8.61. The van der Waals surface area contributed by atoms with E-state index in [-0.39, 0.29) is 5.75 Å². The summed E-state index contributed by atoms with van der Waals surface area (Å²) in [6.45, 7) is 1.71. The Labute approximate surface area is 144 Å². The van der Waals surface area contributed by atoms with Crippen molar-refractivity contribution in [2.24, 2.45) is 0 Å². The zero-order valence-electron chi connectivity index (χ0n) is 13.2. The van der Waals surface area contributed by atoms with E-state index in [2.05, 4.69) is 0 Å². The number of carbonyl (C=O) groups excluding carboxylic acids is 1. The number of benzene rings is 3. The highest BCUT2D eigenvalue weighted by molar-refractivity contribution is 7.86. The summed E-state index contributed by atoms with van der Waals surface area (Å²) in [4.78, 5) is 9.80. The van der Waals surface area contributed by atoms with Gasteiger partial charge >= 0.3 is 0 Å². The molecule has 0 radical (unpaired) electrons. The molecule has 0 heterocycles. The van der Waals surface area contributed by atoms with Crippen molar-refractivity contribution in [1.82, 2.24) is 0 Å². The third kappa shape index (κ3) is 4.14. The maximum absolute atomic E-state index is 10.9. The van der Waals surface area contributed by atoms with Crippen LogP contribution in [0.25, 0.3) is 10.8 Å². The van der Waals surface area contributed by atoms with Crippen molar-refractivity contribution in [2.45, 2.75) is 11.8 Å². The van der Waals surface area contributed by atoms with Crippen molar-refractivity contribution in [1.29, 1.82) is 0 Å². The molecule has 130 valence electrons. The smallest absolute Gasteiger partial charge is 0.298 e. The van der Waals surface area contributed by atoms with Crippen molar-refractivity contribution < 1.29 is 28.0 Å². The van der Waals surface area contributed by atoms with Gasteiger partial charge in [-0.05, 0) is 24.4 Å². The van der Waals surface area contributed by atoms with Crippen molar-refractivity contribution in [3.05, 3.63) is 65.7 Å². The number of rotatable bonds is 2. The Hall–Kier alpha value is -2.90. The van der Waals surface area contributed by atoms with E-state index in [1.54, 1.807) is 49.4 Å². The molecule has 0 saturated carbocycles. The first kappa shape index (κ1) is 18.4. The Kier molecular flexibility index (Phi) is 5.41. The summed E-state index contributed by atoms with van der Waals surface area (Å²) >= 11 is 0. The highest BCUT2D eigenvalue weighted by Crippen LogP contribution is 2.31. The monoisotopic (exact) mass is 360 g/mol. The van der Waals surface area contributed by atoms with E-state index in [1.807, 2.05) is 0 Å². The lowest BCUT2D eigenvalue weighted by Crippen LogP contribution is -1.98. The van der Waals surface area contributed by atoms with Crippen LogP contribution in [0, 0.1) is 6.92 Å². The quantitative estimate of drug-likeness (QED) is 0.477. The fourth-order valence-electron chi connectivity index (χ4n) is 2.21. The van der Waals surface area contributed by atoms with Gasteiger partial charge in [0.2, 0.25) is 0 Å². The van der Waals surface area contributed by atoms with Crippen LogP contribution in [0.4, 0.5) is 0 Å². The van der Waals surface area contributed by atoms with Gasteiger partial charge in [-0.15, -0.1) is 0 Å². The Morgan fingerprint density at radius 2 is 1.60 bits per heavy atom. The molecule has 25 heavy (non-hydrogen) atoms. The molecule has 0 saturated heterocycles. The number of carbonyl (C=O) groups is 1. The van der Waals surface area contributed by atoms with Gasteiger partial charge in [0.05, 0.1) is 0 Å². The highest BCUT2D eigenvalue weighted by atomic mass is 32.2. The molecule has 0 aliphatic heterocycles. The topological polar surface area (TPSA) is 112 Å². The standard InChI is InChI=1S/C10H8O4S.C8H8O2/c11-10-8-4-2-1-3-7(8)5-6-9(10)15(12,13)14;1-6-7(5-9)3-2-4-8(6)10/h1-6,11H,(H,12,13,14);2-5,10H,1H3. The summed E-state index contributed by atoms with van der Waals surface area (Å²) < 4.78 is 30.6. The fraction of sp³-hybridized carbons (Fsp3) is 0.0556. The second kappa shape index (κ2) is 7.33. The van der Waals surface area contributed by atoms with Gasteiger partial charge in [0.15, 0.2) is 0 Å². The summed E-state index contributed by atoms with van der Waals surface area (Å²) in [6, 6.07) is 14.3. The average molecular weight is 360 g/mol. The molecule has 0 fully saturated rings. The SMILES string of the molecule is Cc1c(O)cccc1C=O.O=S(=O)(O)c1ccc2ccccc2c1O. The predicted molar refractivity (Wildman–Crippen MR) is 93.7 cm³/mol. The van der Waals surface area contributed by atoms with Crippen molar-refractivity contribution in [3.8, 4) is 11.5 Å². The Balaban J connectivity index is 0.000000196. The van der Waals surface area contributed by atoms with Crippen LogP contribution in [0.1, 0.15) is 15.9 Å². The summed E-state index contributed by atoms with van der Waals surface area (Å²) in [5.74, 6) is -0.250. The molecule has 0 amide bonds. The average Bonchev–Trinajstić information content (AvgIpc) is 2.57. The minimum Gasteiger partial charge on any atom is -0.508 e. The van der Waals surface area contributed by atoms with Crippen LogP contribution in [0.5, 0.6) is 11.5 Å². The predicted octanol–water partition coefficient (Wildman–Crippen LogP) is 3.31. The molecular weight excluding hydrogens is 344 g/mol. The van der Waals surface area contributed by atoms with Crippen LogP contribution in [-0.4, -0.2) is 29.5 Å². The lowest BCUT2D eigenvalue weighted by Gasteiger charge is -2.04. The van der Waals surface area contributed by atoms with Crippen LogP contribution in [-0.2, 0) is 10.1 Å². The number of aldehydes is 1. The number of phenolic OH excluding ortho intramolecular Hbond substituents is 2. The molecule has 0 aliphatic rings. The second-order valence-electron chi connectivity index (χ2n) is 5.22. The highest BCUT2D eigenvalue weighted by Gasteiger charge is 2.16. The van der Waals surface area contributed by atoms with Gasteiger partial charge in [-0.25, -0.2) is 0 Å².